The van der Waals surface area contributed by atoms with Gasteiger partial charge in [0.2, 0.25) is 0 Å². The van der Waals surface area contributed by atoms with E-state index in [-0.39, 0.29) is 16.7 Å². The molecule has 0 unspecified atom stereocenters. The summed E-state index contributed by atoms with van der Waals surface area (Å²) < 4.78 is 10.9. The lowest BCUT2D eigenvalue weighted by Crippen LogP contribution is -2.27. The normalized spacial score (nSPS) is 15.0. The largest absolute Gasteiger partial charge is 0.497 e. The summed E-state index contributed by atoms with van der Waals surface area (Å²) in [5.74, 6) is 0.157. The molecule has 0 atom stereocenters. The Hall–Kier alpha value is -2.61. The fraction of sp³-hybridized carbons (Fsp3) is 0.0952. The van der Waals surface area contributed by atoms with Gasteiger partial charge in [-0.2, -0.15) is 0 Å². The minimum atomic E-state index is -0.535. The Morgan fingerprint density at radius 1 is 1.28 bits per heavy atom. The van der Waals surface area contributed by atoms with Crippen LogP contribution in [-0.4, -0.2) is 34.8 Å². The van der Waals surface area contributed by atoms with Crippen LogP contribution in [0.25, 0.3) is 6.08 Å². The maximum Gasteiger partial charge on any atom is 0.343 e. The molecule has 0 N–H and O–H groups in total. The molecule has 1 aliphatic rings. The van der Waals surface area contributed by atoms with Crippen LogP contribution in [0.2, 0.25) is 5.02 Å². The van der Waals surface area contributed by atoms with E-state index in [0.717, 1.165) is 0 Å². The first-order chi connectivity index (χ1) is 13.9. The topological polar surface area (TPSA) is 55.8 Å². The Bertz CT molecular complexity index is 1020. The third-order valence-electron chi connectivity index (χ3n) is 3.97. The molecular weight excluding hydrogens is 430 g/mol. The van der Waals surface area contributed by atoms with E-state index in [2.05, 4.69) is 6.58 Å². The standard InChI is InChI=1S/C21H16ClNO4S2/c1-3-10-23-19(24)18(29-21(23)28)12-13-4-9-17(16(22)11-13)27-20(25)14-5-7-15(26-2)8-6-14/h3-9,11-12H,1,10H2,2H3/b18-12+. The predicted molar refractivity (Wildman–Crippen MR) is 119 cm³/mol. The molecular formula is C21H16ClNO4S2. The number of methoxy groups -OCH3 is 1. The molecule has 0 spiro atoms. The fourth-order valence-electron chi connectivity index (χ4n) is 2.51. The van der Waals surface area contributed by atoms with Crippen molar-refractivity contribution in [1.29, 1.82) is 0 Å². The molecule has 0 bridgehead atoms. The molecule has 29 heavy (non-hydrogen) atoms. The Morgan fingerprint density at radius 2 is 2.00 bits per heavy atom. The first-order valence-electron chi connectivity index (χ1n) is 8.45. The Balaban J connectivity index is 1.75. The summed E-state index contributed by atoms with van der Waals surface area (Å²) in [5, 5.41) is 0.252. The molecule has 0 aromatic heterocycles. The van der Waals surface area contributed by atoms with Crippen LogP contribution < -0.4 is 9.47 Å². The average Bonchev–Trinajstić information content (AvgIpc) is 2.97. The molecule has 8 heteroatoms. The van der Waals surface area contributed by atoms with Crippen LogP contribution in [0.5, 0.6) is 11.5 Å². The van der Waals surface area contributed by atoms with Gasteiger partial charge in [0.1, 0.15) is 15.8 Å². The van der Waals surface area contributed by atoms with E-state index >= 15 is 0 Å². The predicted octanol–water partition coefficient (Wildman–Crippen LogP) is 4.96. The molecule has 148 valence electrons. The lowest BCUT2D eigenvalue weighted by atomic mass is 10.2. The summed E-state index contributed by atoms with van der Waals surface area (Å²) in [6, 6.07) is 11.5. The number of carbonyl (C=O) groups excluding carboxylic acids is 2. The summed E-state index contributed by atoms with van der Waals surface area (Å²) in [4.78, 5) is 26.7. The Morgan fingerprint density at radius 3 is 2.62 bits per heavy atom. The summed E-state index contributed by atoms with van der Waals surface area (Å²) >= 11 is 12.7. The second-order valence-electron chi connectivity index (χ2n) is 5.89. The highest BCUT2D eigenvalue weighted by molar-refractivity contribution is 8.26. The van der Waals surface area contributed by atoms with Crippen molar-refractivity contribution in [2.24, 2.45) is 0 Å². The van der Waals surface area contributed by atoms with Crippen LogP contribution in [-0.2, 0) is 4.79 Å². The van der Waals surface area contributed by atoms with Gasteiger partial charge in [0.15, 0.2) is 0 Å². The molecule has 1 amide bonds. The van der Waals surface area contributed by atoms with Gasteiger partial charge >= 0.3 is 5.97 Å². The van der Waals surface area contributed by atoms with Crippen molar-refractivity contribution in [2.45, 2.75) is 0 Å². The van der Waals surface area contributed by atoms with Crippen molar-refractivity contribution in [2.75, 3.05) is 13.7 Å². The average molecular weight is 446 g/mol. The molecule has 1 heterocycles. The molecule has 0 aliphatic carbocycles. The maximum atomic E-state index is 12.4. The first-order valence-corrected chi connectivity index (χ1v) is 10.0. The van der Waals surface area contributed by atoms with E-state index in [1.807, 2.05) is 0 Å². The van der Waals surface area contributed by atoms with Crippen LogP contribution in [0.3, 0.4) is 0 Å². The second kappa shape index (κ2) is 9.26. The zero-order chi connectivity index (χ0) is 21.0. The van der Waals surface area contributed by atoms with Gasteiger partial charge in [0.25, 0.3) is 5.91 Å². The van der Waals surface area contributed by atoms with Gasteiger partial charge in [-0.25, -0.2) is 4.79 Å². The molecule has 1 saturated heterocycles. The third kappa shape index (κ3) is 4.87. The second-order valence-corrected chi connectivity index (χ2v) is 7.97. The van der Waals surface area contributed by atoms with Crippen LogP contribution in [0, 0.1) is 0 Å². The lowest BCUT2D eigenvalue weighted by molar-refractivity contribution is -0.121. The van der Waals surface area contributed by atoms with E-state index < -0.39 is 5.97 Å². The summed E-state index contributed by atoms with van der Waals surface area (Å²) in [5.41, 5.74) is 1.06. The molecule has 2 aromatic rings. The number of ether oxygens (including phenoxy) is 2. The third-order valence-corrected chi connectivity index (χ3v) is 5.64. The summed E-state index contributed by atoms with van der Waals surface area (Å²) in [7, 11) is 1.55. The molecule has 0 radical (unpaired) electrons. The Kier molecular flexibility index (Phi) is 6.74. The van der Waals surface area contributed by atoms with Gasteiger partial charge in [0, 0.05) is 6.54 Å². The number of carbonyl (C=O) groups is 2. The number of amides is 1. The van der Waals surface area contributed by atoms with Crippen molar-refractivity contribution in [3.8, 4) is 11.5 Å². The molecule has 0 saturated carbocycles. The van der Waals surface area contributed by atoms with Crippen LogP contribution in [0.1, 0.15) is 15.9 Å². The van der Waals surface area contributed by atoms with Crippen LogP contribution in [0.15, 0.2) is 60.0 Å². The lowest BCUT2D eigenvalue weighted by Gasteiger charge is -2.10. The van der Waals surface area contributed by atoms with E-state index in [4.69, 9.17) is 33.3 Å². The van der Waals surface area contributed by atoms with Gasteiger partial charge < -0.3 is 9.47 Å². The number of benzene rings is 2. The smallest absolute Gasteiger partial charge is 0.343 e. The zero-order valence-electron chi connectivity index (χ0n) is 15.4. The quantitative estimate of drug-likeness (QED) is 0.206. The molecule has 5 nitrogen and oxygen atoms in total. The number of thioether (sulfide) groups is 1. The highest BCUT2D eigenvalue weighted by Crippen LogP contribution is 2.34. The monoisotopic (exact) mass is 445 g/mol. The van der Waals surface area contributed by atoms with Crippen molar-refractivity contribution >= 4 is 57.9 Å². The van der Waals surface area contributed by atoms with Crippen molar-refractivity contribution in [3.63, 3.8) is 0 Å². The number of hydrogen-bond donors (Lipinski definition) is 0. The highest BCUT2D eigenvalue weighted by atomic mass is 35.5. The minimum absolute atomic E-state index is 0.175. The van der Waals surface area contributed by atoms with E-state index in [9.17, 15) is 9.59 Å². The van der Waals surface area contributed by atoms with Gasteiger partial charge in [-0.1, -0.05) is 47.7 Å². The van der Waals surface area contributed by atoms with Gasteiger partial charge in [-0.05, 0) is 48.0 Å². The minimum Gasteiger partial charge on any atom is -0.497 e. The number of hydrogen-bond acceptors (Lipinski definition) is 6. The maximum absolute atomic E-state index is 12.4. The number of halogens is 1. The van der Waals surface area contributed by atoms with Crippen LogP contribution in [0.4, 0.5) is 0 Å². The van der Waals surface area contributed by atoms with Gasteiger partial charge in [-0.3, -0.25) is 9.69 Å². The van der Waals surface area contributed by atoms with Gasteiger partial charge in [0.05, 0.1) is 22.6 Å². The van der Waals surface area contributed by atoms with Gasteiger partial charge in [-0.15, -0.1) is 6.58 Å². The van der Waals surface area contributed by atoms with Crippen molar-refractivity contribution in [1.82, 2.24) is 4.90 Å². The molecule has 3 rings (SSSR count). The van der Waals surface area contributed by atoms with Crippen molar-refractivity contribution in [3.05, 3.63) is 76.2 Å². The SMILES string of the molecule is C=CCN1C(=O)/C(=C\c2ccc(OC(=O)c3ccc(OC)cc3)c(Cl)c2)SC1=S. The van der Waals surface area contributed by atoms with Crippen molar-refractivity contribution < 1.29 is 19.1 Å². The number of thiocarbonyl (C=S) groups is 1. The highest BCUT2D eigenvalue weighted by Gasteiger charge is 2.31. The fourth-order valence-corrected chi connectivity index (χ4v) is 4.02. The Labute approximate surface area is 182 Å². The van der Waals surface area contributed by atoms with E-state index in [1.165, 1.54) is 16.7 Å². The zero-order valence-corrected chi connectivity index (χ0v) is 17.8. The number of nitrogens with zero attached hydrogens (tertiary/aromatic N) is 1. The van der Waals surface area contributed by atoms with Crippen LogP contribution >= 0.6 is 35.6 Å². The summed E-state index contributed by atoms with van der Waals surface area (Å²) in [6.07, 6.45) is 3.32. The number of rotatable bonds is 6. The van der Waals surface area contributed by atoms with E-state index in [0.29, 0.717) is 32.6 Å². The number of esters is 1. The molecule has 1 fully saturated rings. The molecule has 1 aliphatic heterocycles. The summed E-state index contributed by atoms with van der Waals surface area (Å²) in [6.45, 7) is 3.99. The molecule has 2 aromatic carbocycles. The first kappa shape index (κ1) is 21.1. The van der Waals surface area contributed by atoms with E-state index in [1.54, 1.807) is 61.7 Å².